The van der Waals surface area contributed by atoms with E-state index in [0.717, 1.165) is 0 Å². The van der Waals surface area contributed by atoms with E-state index >= 15 is 0 Å². The highest BCUT2D eigenvalue weighted by Gasteiger charge is 1.58. The molecule has 0 fully saturated rings. The maximum absolute atomic E-state index is 4.58. The maximum atomic E-state index is 4.58. The van der Waals surface area contributed by atoms with E-state index in [1.54, 1.807) is 12.5 Å². The van der Waals surface area contributed by atoms with Crippen molar-refractivity contribution < 1.29 is 4.42 Å². The summed E-state index contributed by atoms with van der Waals surface area (Å²) in [6.07, 6.45) is 3.25. The summed E-state index contributed by atoms with van der Waals surface area (Å²) < 4.78 is 4.58. The molecule has 0 unspecified atom stereocenters. The molecule has 0 aliphatic carbocycles. The van der Waals surface area contributed by atoms with Crippen molar-refractivity contribution in [1.29, 1.82) is 0 Å². The summed E-state index contributed by atoms with van der Waals surface area (Å²) in [5, 5.41) is 0. The first-order valence-corrected chi connectivity index (χ1v) is 1.97. The zero-order valence-electron chi connectivity index (χ0n) is 4.13. The molecule has 0 saturated carbocycles. The van der Waals surface area contributed by atoms with E-state index in [4.69, 9.17) is 0 Å². The summed E-state index contributed by atoms with van der Waals surface area (Å²) in [4.78, 5) is 0. The molecule has 1 nitrogen and oxygen atoms in total. The first-order chi connectivity index (χ1) is 3.50. The Morgan fingerprint density at radius 3 is 1.57 bits per heavy atom. The normalized spacial score (nSPS) is 6.29. The zero-order valence-corrected chi connectivity index (χ0v) is 4.13. The molecule has 0 atom stereocenters. The summed E-state index contributed by atoms with van der Waals surface area (Å²) in [5.41, 5.74) is 0. The molecule has 0 aromatic carbocycles. The third-order valence-electron chi connectivity index (χ3n) is 0.425. The lowest BCUT2D eigenvalue weighted by Gasteiger charge is -1.50. The number of furan rings is 1. The Balaban J connectivity index is 0.000000162. The van der Waals surface area contributed by atoms with Crippen molar-refractivity contribution in [2.24, 2.45) is 0 Å². The minimum atomic E-state index is 1.62. The standard InChI is InChI=1S/C4H4O.C2H4/c1-2-4-5-3-1;1-2/h1-4H;1-2H2. The van der Waals surface area contributed by atoms with Crippen LogP contribution in [-0.2, 0) is 0 Å². The molecule has 0 aliphatic heterocycles. The summed E-state index contributed by atoms with van der Waals surface area (Å²) in [5.74, 6) is 0. The van der Waals surface area contributed by atoms with Crippen molar-refractivity contribution >= 4 is 0 Å². The van der Waals surface area contributed by atoms with Crippen LogP contribution in [0.5, 0.6) is 0 Å². The summed E-state index contributed by atoms with van der Waals surface area (Å²) >= 11 is 0. The van der Waals surface area contributed by atoms with Gasteiger partial charge in [-0.15, -0.1) is 13.2 Å². The van der Waals surface area contributed by atoms with E-state index in [-0.39, 0.29) is 0 Å². The van der Waals surface area contributed by atoms with E-state index in [9.17, 15) is 0 Å². The number of hydrogen-bond donors (Lipinski definition) is 0. The third kappa shape index (κ3) is 2.83. The van der Waals surface area contributed by atoms with Crippen molar-refractivity contribution in [3.63, 3.8) is 0 Å². The van der Waals surface area contributed by atoms with Gasteiger partial charge in [0.25, 0.3) is 0 Å². The van der Waals surface area contributed by atoms with Gasteiger partial charge in [0, 0.05) is 0 Å². The average molecular weight is 96.1 g/mol. The second kappa shape index (κ2) is 5.02. The van der Waals surface area contributed by atoms with Crippen LogP contribution in [0.3, 0.4) is 0 Å². The van der Waals surface area contributed by atoms with Crippen molar-refractivity contribution in [2.45, 2.75) is 0 Å². The van der Waals surface area contributed by atoms with Crippen LogP contribution in [0.1, 0.15) is 0 Å². The van der Waals surface area contributed by atoms with E-state index in [0.29, 0.717) is 0 Å². The molecule has 7 heavy (non-hydrogen) atoms. The van der Waals surface area contributed by atoms with Crippen molar-refractivity contribution in [1.82, 2.24) is 0 Å². The molecule has 0 spiro atoms. The first-order valence-electron chi connectivity index (χ1n) is 1.97. The van der Waals surface area contributed by atoms with Crippen LogP contribution in [0, 0.1) is 0 Å². The number of rotatable bonds is 0. The van der Waals surface area contributed by atoms with Gasteiger partial charge >= 0.3 is 0 Å². The molecular weight excluding hydrogens is 88.1 g/mol. The Morgan fingerprint density at radius 2 is 1.43 bits per heavy atom. The van der Waals surface area contributed by atoms with Gasteiger partial charge in [0.2, 0.25) is 0 Å². The molecule has 1 aromatic rings. The zero-order chi connectivity index (χ0) is 5.54. The highest BCUT2D eigenvalue weighted by atomic mass is 16.3. The van der Waals surface area contributed by atoms with E-state index in [1.807, 2.05) is 12.1 Å². The second-order valence-electron chi connectivity index (χ2n) is 0.793. The molecule has 0 saturated heterocycles. The van der Waals surface area contributed by atoms with Crippen LogP contribution < -0.4 is 0 Å². The van der Waals surface area contributed by atoms with Gasteiger partial charge in [-0.25, -0.2) is 0 Å². The first kappa shape index (κ1) is 6.02. The smallest absolute Gasteiger partial charge is 0.0902 e. The van der Waals surface area contributed by atoms with Crippen LogP contribution in [-0.4, -0.2) is 0 Å². The lowest BCUT2D eigenvalue weighted by atomic mass is 10.7. The van der Waals surface area contributed by atoms with Crippen LogP contribution >= 0.6 is 0 Å². The largest absolute Gasteiger partial charge is 0.473 e. The van der Waals surface area contributed by atoms with Crippen LogP contribution in [0.15, 0.2) is 42.2 Å². The molecule has 0 radical (unpaired) electrons. The highest BCUT2D eigenvalue weighted by molar-refractivity contribution is 4.79. The second-order valence-corrected chi connectivity index (χ2v) is 0.793. The van der Waals surface area contributed by atoms with E-state index in [1.165, 1.54) is 0 Å². The number of hydrogen-bond acceptors (Lipinski definition) is 1. The van der Waals surface area contributed by atoms with Crippen molar-refractivity contribution in [3.8, 4) is 0 Å². The van der Waals surface area contributed by atoms with Gasteiger partial charge in [0.15, 0.2) is 0 Å². The van der Waals surface area contributed by atoms with Gasteiger partial charge in [-0.2, -0.15) is 0 Å². The SMILES string of the molecule is C=C.c1ccoc1. The Morgan fingerprint density at radius 1 is 1.00 bits per heavy atom. The van der Waals surface area contributed by atoms with E-state index < -0.39 is 0 Å². The minimum absolute atomic E-state index is 1.62. The molecule has 0 amide bonds. The summed E-state index contributed by atoms with van der Waals surface area (Å²) in [6, 6.07) is 3.67. The molecule has 1 heteroatoms. The molecule has 0 aliphatic rings. The van der Waals surface area contributed by atoms with Gasteiger partial charge in [-0.05, 0) is 12.1 Å². The van der Waals surface area contributed by atoms with E-state index in [2.05, 4.69) is 17.6 Å². The predicted molar refractivity (Wildman–Crippen MR) is 30.0 cm³/mol. The fraction of sp³-hybridized carbons (Fsp3) is 0. The lowest BCUT2D eigenvalue weighted by Crippen LogP contribution is -1.16. The van der Waals surface area contributed by atoms with Crippen LogP contribution in [0.25, 0.3) is 0 Å². The molecule has 38 valence electrons. The van der Waals surface area contributed by atoms with Gasteiger partial charge in [-0.3, -0.25) is 0 Å². The molecule has 0 bridgehead atoms. The van der Waals surface area contributed by atoms with Crippen molar-refractivity contribution in [3.05, 3.63) is 37.8 Å². The van der Waals surface area contributed by atoms with Gasteiger partial charge < -0.3 is 4.42 Å². The Hall–Kier alpha value is -0.980. The Bertz CT molecular complexity index is 71.1. The van der Waals surface area contributed by atoms with Gasteiger partial charge in [-0.1, -0.05) is 0 Å². The average Bonchev–Trinajstić information content (AvgIpc) is 2.23. The highest BCUT2D eigenvalue weighted by Crippen LogP contribution is 1.79. The summed E-state index contributed by atoms with van der Waals surface area (Å²) in [6.45, 7) is 6.00. The maximum Gasteiger partial charge on any atom is 0.0902 e. The van der Waals surface area contributed by atoms with Gasteiger partial charge in [0.1, 0.15) is 0 Å². The molecule has 1 heterocycles. The predicted octanol–water partition coefficient (Wildman–Crippen LogP) is 2.08. The molecule has 1 aromatic heterocycles. The van der Waals surface area contributed by atoms with Crippen LogP contribution in [0.4, 0.5) is 0 Å². The summed E-state index contributed by atoms with van der Waals surface area (Å²) in [7, 11) is 0. The third-order valence-corrected chi connectivity index (χ3v) is 0.425. The molecular formula is C6H8O. The topological polar surface area (TPSA) is 13.1 Å². The van der Waals surface area contributed by atoms with Crippen LogP contribution in [0.2, 0.25) is 0 Å². The molecule has 1 rings (SSSR count). The fourth-order valence-electron chi connectivity index (χ4n) is 0.227. The minimum Gasteiger partial charge on any atom is -0.473 e. The lowest BCUT2D eigenvalue weighted by molar-refractivity contribution is 0.567. The fourth-order valence-corrected chi connectivity index (χ4v) is 0.227. The Kier molecular flexibility index (Phi) is 4.32. The van der Waals surface area contributed by atoms with Gasteiger partial charge in [0.05, 0.1) is 12.5 Å². The molecule has 0 N–H and O–H groups in total. The monoisotopic (exact) mass is 96.1 g/mol. The Labute approximate surface area is 43.3 Å². The van der Waals surface area contributed by atoms with Crippen molar-refractivity contribution in [2.75, 3.05) is 0 Å². The quantitative estimate of drug-likeness (QED) is 0.451.